The molecule has 7 heteroatoms. The fourth-order valence-electron chi connectivity index (χ4n) is 2.35. The third-order valence-corrected chi connectivity index (χ3v) is 3.89. The number of benzene rings is 1. The smallest absolute Gasteiger partial charge is 0.322 e. The van der Waals surface area contributed by atoms with Crippen LogP contribution < -0.4 is 10.2 Å². The van der Waals surface area contributed by atoms with Gasteiger partial charge in [0.2, 0.25) is 0 Å². The Hall–Kier alpha value is -2.34. The number of piperazine rings is 1. The number of halogens is 1. The van der Waals surface area contributed by atoms with E-state index in [1.165, 1.54) is 0 Å². The number of para-hydroxylation sites is 1. The number of hydrogen-bond donors (Lipinski definition) is 1. The lowest BCUT2D eigenvalue weighted by Gasteiger charge is -2.35. The minimum absolute atomic E-state index is 0.133. The number of carbonyl (C=O) groups excluding carboxylic acids is 1. The van der Waals surface area contributed by atoms with Crippen molar-refractivity contribution in [3.63, 3.8) is 0 Å². The van der Waals surface area contributed by atoms with Crippen molar-refractivity contribution < 1.29 is 4.79 Å². The second-order valence-corrected chi connectivity index (χ2v) is 5.35. The Morgan fingerprint density at radius 1 is 1.14 bits per heavy atom. The van der Waals surface area contributed by atoms with Crippen LogP contribution in [0.4, 0.5) is 16.3 Å². The van der Waals surface area contributed by atoms with Gasteiger partial charge in [0.15, 0.2) is 0 Å². The first-order valence-electron chi connectivity index (χ1n) is 7.05. The zero-order chi connectivity index (χ0) is 15.4. The molecule has 0 spiro atoms. The van der Waals surface area contributed by atoms with Gasteiger partial charge in [-0.1, -0.05) is 23.7 Å². The lowest BCUT2D eigenvalue weighted by atomic mass is 10.3. The highest BCUT2D eigenvalue weighted by Gasteiger charge is 2.22. The molecule has 1 aliphatic heterocycles. The Morgan fingerprint density at radius 2 is 1.91 bits per heavy atom. The summed E-state index contributed by atoms with van der Waals surface area (Å²) in [7, 11) is 0. The molecule has 114 valence electrons. The molecular formula is C15H16ClN5O. The van der Waals surface area contributed by atoms with E-state index in [2.05, 4.69) is 20.2 Å². The van der Waals surface area contributed by atoms with E-state index in [1.54, 1.807) is 35.6 Å². The van der Waals surface area contributed by atoms with Gasteiger partial charge in [-0.15, -0.1) is 0 Å². The maximum Gasteiger partial charge on any atom is 0.322 e. The summed E-state index contributed by atoms with van der Waals surface area (Å²) in [5.74, 6) is 0.841. The Bertz CT molecular complexity index is 643. The van der Waals surface area contributed by atoms with E-state index < -0.39 is 0 Å². The van der Waals surface area contributed by atoms with Crippen LogP contribution in [0.2, 0.25) is 5.02 Å². The zero-order valence-electron chi connectivity index (χ0n) is 11.9. The summed E-state index contributed by atoms with van der Waals surface area (Å²) in [5.41, 5.74) is 0.630. The monoisotopic (exact) mass is 317 g/mol. The average Bonchev–Trinajstić information content (AvgIpc) is 2.58. The molecule has 0 unspecified atom stereocenters. The maximum atomic E-state index is 12.3. The summed E-state index contributed by atoms with van der Waals surface area (Å²) in [5, 5.41) is 3.38. The summed E-state index contributed by atoms with van der Waals surface area (Å²) in [6, 6.07) is 7.08. The van der Waals surface area contributed by atoms with E-state index in [9.17, 15) is 4.79 Å². The fourth-order valence-corrected chi connectivity index (χ4v) is 2.53. The molecule has 1 aromatic heterocycles. The quantitative estimate of drug-likeness (QED) is 0.924. The minimum atomic E-state index is -0.133. The molecule has 3 rings (SSSR count). The van der Waals surface area contributed by atoms with Gasteiger partial charge < -0.3 is 15.1 Å². The molecule has 1 N–H and O–H groups in total. The Balaban J connectivity index is 1.57. The summed E-state index contributed by atoms with van der Waals surface area (Å²) < 4.78 is 0. The van der Waals surface area contributed by atoms with Gasteiger partial charge >= 0.3 is 6.03 Å². The minimum Gasteiger partial charge on any atom is -0.352 e. The van der Waals surface area contributed by atoms with Gasteiger partial charge in [0.25, 0.3) is 0 Å². The van der Waals surface area contributed by atoms with Gasteiger partial charge in [-0.3, -0.25) is 4.98 Å². The van der Waals surface area contributed by atoms with E-state index in [1.807, 2.05) is 12.1 Å². The largest absolute Gasteiger partial charge is 0.352 e. The van der Waals surface area contributed by atoms with Crippen LogP contribution in [-0.2, 0) is 0 Å². The Labute approximate surface area is 133 Å². The Morgan fingerprint density at radius 3 is 2.59 bits per heavy atom. The van der Waals surface area contributed by atoms with Crippen molar-refractivity contribution in [1.29, 1.82) is 0 Å². The molecule has 1 aliphatic rings. The van der Waals surface area contributed by atoms with Crippen LogP contribution in [0.15, 0.2) is 42.9 Å². The molecule has 0 aliphatic carbocycles. The number of hydrogen-bond acceptors (Lipinski definition) is 4. The van der Waals surface area contributed by atoms with Crippen molar-refractivity contribution >= 4 is 29.1 Å². The van der Waals surface area contributed by atoms with E-state index >= 15 is 0 Å². The highest BCUT2D eigenvalue weighted by atomic mass is 35.5. The number of nitrogens with zero attached hydrogens (tertiary/aromatic N) is 4. The van der Waals surface area contributed by atoms with Gasteiger partial charge in [0.05, 0.1) is 16.9 Å². The predicted octanol–water partition coefficient (Wildman–Crippen LogP) is 2.48. The molecule has 0 radical (unpaired) electrons. The second-order valence-electron chi connectivity index (χ2n) is 4.95. The molecule has 6 nitrogen and oxygen atoms in total. The number of carbonyl (C=O) groups is 1. The van der Waals surface area contributed by atoms with Crippen LogP contribution in [0.25, 0.3) is 0 Å². The lowest BCUT2D eigenvalue weighted by molar-refractivity contribution is 0.208. The van der Waals surface area contributed by atoms with Gasteiger partial charge in [-0.05, 0) is 12.1 Å². The van der Waals surface area contributed by atoms with Crippen molar-refractivity contribution in [1.82, 2.24) is 14.9 Å². The molecule has 0 saturated carbocycles. The van der Waals surface area contributed by atoms with Crippen molar-refractivity contribution in [2.75, 3.05) is 36.4 Å². The molecular weight excluding hydrogens is 302 g/mol. The van der Waals surface area contributed by atoms with Gasteiger partial charge in [-0.25, -0.2) is 9.78 Å². The second kappa shape index (κ2) is 6.62. The van der Waals surface area contributed by atoms with E-state index in [0.29, 0.717) is 23.8 Å². The van der Waals surface area contributed by atoms with Gasteiger partial charge in [-0.2, -0.15) is 0 Å². The molecule has 0 atom stereocenters. The first-order chi connectivity index (χ1) is 10.7. The molecule has 22 heavy (non-hydrogen) atoms. The van der Waals surface area contributed by atoms with Crippen molar-refractivity contribution in [2.24, 2.45) is 0 Å². The van der Waals surface area contributed by atoms with Crippen molar-refractivity contribution in [2.45, 2.75) is 0 Å². The van der Waals surface area contributed by atoms with Crippen LogP contribution in [0.5, 0.6) is 0 Å². The summed E-state index contributed by atoms with van der Waals surface area (Å²) in [6.45, 7) is 2.73. The SMILES string of the molecule is O=C(Nc1ccccc1Cl)N1CCN(c2cnccn2)CC1. The van der Waals surface area contributed by atoms with Crippen LogP contribution in [0, 0.1) is 0 Å². The highest BCUT2D eigenvalue weighted by Crippen LogP contribution is 2.21. The standard InChI is InChI=1S/C15H16ClN5O/c16-12-3-1-2-4-13(12)19-15(22)21-9-7-20(8-10-21)14-11-17-5-6-18-14/h1-6,11H,7-10H2,(H,19,22). The van der Waals surface area contributed by atoms with Crippen LogP contribution >= 0.6 is 11.6 Å². The third-order valence-electron chi connectivity index (χ3n) is 3.56. The molecule has 2 aromatic rings. The molecule has 0 bridgehead atoms. The van der Waals surface area contributed by atoms with Gasteiger partial charge in [0.1, 0.15) is 5.82 Å². The predicted molar refractivity (Wildman–Crippen MR) is 86.3 cm³/mol. The summed E-state index contributed by atoms with van der Waals surface area (Å²) >= 11 is 6.05. The van der Waals surface area contributed by atoms with Crippen LogP contribution in [0.3, 0.4) is 0 Å². The molecule has 1 saturated heterocycles. The maximum absolute atomic E-state index is 12.3. The Kier molecular flexibility index (Phi) is 4.39. The van der Waals surface area contributed by atoms with Crippen molar-refractivity contribution in [3.05, 3.63) is 47.9 Å². The average molecular weight is 318 g/mol. The third kappa shape index (κ3) is 3.28. The van der Waals surface area contributed by atoms with Gasteiger partial charge in [0, 0.05) is 38.6 Å². The topological polar surface area (TPSA) is 61.4 Å². The zero-order valence-corrected chi connectivity index (χ0v) is 12.7. The lowest BCUT2D eigenvalue weighted by Crippen LogP contribution is -2.50. The number of nitrogens with one attached hydrogen (secondary N) is 1. The number of anilines is 2. The number of aromatic nitrogens is 2. The molecule has 2 amide bonds. The van der Waals surface area contributed by atoms with Crippen LogP contribution in [0.1, 0.15) is 0 Å². The van der Waals surface area contributed by atoms with E-state index in [-0.39, 0.29) is 6.03 Å². The molecule has 1 fully saturated rings. The molecule has 1 aromatic carbocycles. The first-order valence-corrected chi connectivity index (χ1v) is 7.43. The number of urea groups is 1. The van der Waals surface area contributed by atoms with Crippen molar-refractivity contribution in [3.8, 4) is 0 Å². The highest BCUT2D eigenvalue weighted by molar-refractivity contribution is 6.33. The van der Waals surface area contributed by atoms with E-state index in [4.69, 9.17) is 11.6 Å². The molecule has 2 heterocycles. The van der Waals surface area contributed by atoms with Crippen LogP contribution in [-0.4, -0.2) is 47.1 Å². The number of rotatable bonds is 2. The fraction of sp³-hybridized carbons (Fsp3) is 0.267. The first kappa shape index (κ1) is 14.6. The van der Waals surface area contributed by atoms with E-state index in [0.717, 1.165) is 18.9 Å². The normalized spacial score (nSPS) is 14.8. The number of amides is 2. The summed E-state index contributed by atoms with van der Waals surface area (Å²) in [6.07, 6.45) is 5.06. The summed E-state index contributed by atoms with van der Waals surface area (Å²) in [4.78, 5) is 24.5.